The third-order valence-corrected chi connectivity index (χ3v) is 4.07. The molecule has 2 rings (SSSR count). The summed E-state index contributed by atoms with van der Waals surface area (Å²) in [7, 11) is 2.06. The fourth-order valence-corrected chi connectivity index (χ4v) is 2.34. The molecule has 1 aromatic carbocycles. The fourth-order valence-electron chi connectivity index (χ4n) is 2.34. The molecule has 0 spiro atoms. The van der Waals surface area contributed by atoms with Crippen LogP contribution in [0.2, 0.25) is 0 Å². The van der Waals surface area contributed by atoms with Gasteiger partial charge in [-0.25, -0.2) is 0 Å². The normalized spacial score (nSPS) is 14.1. The highest BCUT2D eigenvalue weighted by atomic mass is 16.3. The largest absolute Gasteiger partial charge is 0.387 e. The zero-order valence-corrected chi connectivity index (χ0v) is 13.0. The zero-order chi connectivity index (χ0) is 15.2. The summed E-state index contributed by atoms with van der Waals surface area (Å²) in [6, 6.07) is 12.3. The standard InChI is InChI=1S/C18H24N2O/c1-14-4-6-17(7-5-14)18(21)15(2)20(3)13-10-16-8-11-19-12-9-16/h4-9,11-12,15,18,21H,10,13H2,1-3H3. The number of nitrogens with zero attached hydrogens (tertiary/aromatic N) is 2. The molecule has 0 aliphatic rings. The van der Waals surface area contributed by atoms with Gasteiger partial charge in [0.25, 0.3) is 0 Å². The minimum Gasteiger partial charge on any atom is -0.387 e. The Balaban J connectivity index is 1.92. The van der Waals surface area contributed by atoms with E-state index in [-0.39, 0.29) is 6.04 Å². The topological polar surface area (TPSA) is 36.4 Å². The van der Waals surface area contributed by atoms with Crippen molar-refractivity contribution in [3.05, 3.63) is 65.5 Å². The summed E-state index contributed by atoms with van der Waals surface area (Å²) in [5.41, 5.74) is 3.46. The Morgan fingerprint density at radius 1 is 1.10 bits per heavy atom. The van der Waals surface area contributed by atoms with Gasteiger partial charge in [-0.3, -0.25) is 4.98 Å². The third kappa shape index (κ3) is 4.38. The Hall–Kier alpha value is -1.71. The van der Waals surface area contributed by atoms with Gasteiger partial charge in [0.05, 0.1) is 6.10 Å². The monoisotopic (exact) mass is 284 g/mol. The first kappa shape index (κ1) is 15.7. The average Bonchev–Trinajstić information content (AvgIpc) is 2.53. The molecular weight excluding hydrogens is 260 g/mol. The predicted octanol–water partition coefficient (Wildman–Crippen LogP) is 2.99. The third-order valence-electron chi connectivity index (χ3n) is 4.07. The Kier molecular flexibility index (Phi) is 5.48. The van der Waals surface area contributed by atoms with Crippen LogP contribution >= 0.6 is 0 Å². The number of aliphatic hydroxyl groups is 1. The molecule has 0 saturated heterocycles. The Morgan fingerprint density at radius 3 is 2.33 bits per heavy atom. The quantitative estimate of drug-likeness (QED) is 0.886. The summed E-state index contributed by atoms with van der Waals surface area (Å²) in [6.07, 6.45) is 4.14. The van der Waals surface area contributed by atoms with Crippen LogP contribution < -0.4 is 0 Å². The predicted molar refractivity (Wildman–Crippen MR) is 86.2 cm³/mol. The number of aryl methyl sites for hydroxylation is 1. The molecule has 0 fully saturated rings. The van der Waals surface area contributed by atoms with Crippen LogP contribution in [0.3, 0.4) is 0 Å². The molecule has 0 amide bonds. The highest BCUT2D eigenvalue weighted by molar-refractivity contribution is 5.24. The summed E-state index contributed by atoms with van der Waals surface area (Å²) in [6.45, 7) is 5.03. The Bertz CT molecular complexity index is 539. The van der Waals surface area contributed by atoms with Gasteiger partial charge in [0.1, 0.15) is 0 Å². The van der Waals surface area contributed by atoms with Crippen molar-refractivity contribution in [1.29, 1.82) is 0 Å². The molecule has 0 radical (unpaired) electrons. The van der Waals surface area contributed by atoms with Gasteiger partial charge in [-0.05, 0) is 50.6 Å². The Morgan fingerprint density at radius 2 is 1.71 bits per heavy atom. The van der Waals surface area contributed by atoms with Crippen molar-refractivity contribution in [1.82, 2.24) is 9.88 Å². The number of hydrogen-bond acceptors (Lipinski definition) is 3. The molecule has 0 bridgehead atoms. The highest BCUT2D eigenvalue weighted by Crippen LogP contribution is 2.20. The molecule has 21 heavy (non-hydrogen) atoms. The van der Waals surface area contributed by atoms with E-state index in [1.165, 1.54) is 11.1 Å². The van der Waals surface area contributed by atoms with E-state index >= 15 is 0 Å². The molecule has 0 aliphatic carbocycles. The van der Waals surface area contributed by atoms with E-state index in [4.69, 9.17) is 0 Å². The summed E-state index contributed by atoms with van der Waals surface area (Å²) < 4.78 is 0. The second-order valence-corrected chi connectivity index (χ2v) is 5.68. The minimum atomic E-state index is -0.465. The van der Waals surface area contributed by atoms with Gasteiger partial charge >= 0.3 is 0 Å². The summed E-state index contributed by atoms with van der Waals surface area (Å²) in [5, 5.41) is 10.5. The number of aromatic nitrogens is 1. The van der Waals surface area contributed by atoms with Gasteiger partial charge in [-0.2, -0.15) is 0 Å². The lowest BCUT2D eigenvalue weighted by Crippen LogP contribution is -2.35. The van der Waals surface area contributed by atoms with Crippen molar-refractivity contribution >= 4 is 0 Å². The smallest absolute Gasteiger partial charge is 0.0942 e. The van der Waals surface area contributed by atoms with Crippen LogP contribution in [0.1, 0.15) is 29.7 Å². The SMILES string of the molecule is Cc1ccc(C(O)C(C)N(C)CCc2ccncc2)cc1. The van der Waals surface area contributed by atoms with Crippen molar-refractivity contribution in [3.8, 4) is 0 Å². The molecule has 0 saturated carbocycles. The van der Waals surface area contributed by atoms with Crippen LogP contribution in [0, 0.1) is 6.92 Å². The fraction of sp³-hybridized carbons (Fsp3) is 0.389. The number of aliphatic hydroxyl groups excluding tert-OH is 1. The van der Waals surface area contributed by atoms with E-state index < -0.39 is 6.10 Å². The van der Waals surface area contributed by atoms with E-state index in [0.29, 0.717) is 0 Å². The second kappa shape index (κ2) is 7.34. The van der Waals surface area contributed by atoms with E-state index in [0.717, 1.165) is 18.5 Å². The molecule has 0 aliphatic heterocycles. The van der Waals surface area contributed by atoms with Crippen molar-refractivity contribution in [2.24, 2.45) is 0 Å². The maximum Gasteiger partial charge on any atom is 0.0942 e. The first-order valence-corrected chi connectivity index (χ1v) is 7.41. The van der Waals surface area contributed by atoms with Crippen LogP contribution in [0.25, 0.3) is 0 Å². The maximum atomic E-state index is 10.5. The van der Waals surface area contributed by atoms with Crippen molar-refractivity contribution in [3.63, 3.8) is 0 Å². The summed E-state index contributed by atoms with van der Waals surface area (Å²) >= 11 is 0. The molecule has 2 unspecified atom stereocenters. The molecular formula is C18H24N2O. The van der Waals surface area contributed by atoms with Gasteiger partial charge in [-0.1, -0.05) is 29.8 Å². The molecule has 1 aromatic heterocycles. The van der Waals surface area contributed by atoms with Crippen LogP contribution in [-0.4, -0.2) is 34.6 Å². The van der Waals surface area contributed by atoms with E-state index in [1.54, 1.807) is 0 Å². The van der Waals surface area contributed by atoms with Gasteiger partial charge < -0.3 is 10.0 Å². The lowest BCUT2D eigenvalue weighted by atomic mass is 10.0. The molecule has 1 heterocycles. The van der Waals surface area contributed by atoms with Crippen LogP contribution in [0.4, 0.5) is 0 Å². The van der Waals surface area contributed by atoms with E-state index in [9.17, 15) is 5.11 Å². The van der Waals surface area contributed by atoms with Crippen molar-refractivity contribution < 1.29 is 5.11 Å². The van der Waals surface area contributed by atoms with Gasteiger partial charge in [0, 0.05) is 25.0 Å². The lowest BCUT2D eigenvalue weighted by molar-refractivity contribution is 0.0732. The maximum absolute atomic E-state index is 10.5. The first-order valence-electron chi connectivity index (χ1n) is 7.41. The molecule has 3 heteroatoms. The lowest BCUT2D eigenvalue weighted by Gasteiger charge is -2.29. The average molecular weight is 284 g/mol. The summed E-state index contributed by atoms with van der Waals surface area (Å²) in [4.78, 5) is 6.23. The molecule has 2 atom stereocenters. The summed E-state index contributed by atoms with van der Waals surface area (Å²) in [5.74, 6) is 0. The van der Waals surface area contributed by atoms with Crippen LogP contribution in [0.5, 0.6) is 0 Å². The van der Waals surface area contributed by atoms with E-state index in [1.807, 2.05) is 48.8 Å². The van der Waals surface area contributed by atoms with Crippen molar-refractivity contribution in [2.75, 3.05) is 13.6 Å². The Labute approximate surface area is 127 Å². The molecule has 3 nitrogen and oxygen atoms in total. The number of hydrogen-bond donors (Lipinski definition) is 1. The first-order chi connectivity index (χ1) is 10.1. The van der Waals surface area contributed by atoms with Crippen LogP contribution in [0.15, 0.2) is 48.8 Å². The van der Waals surface area contributed by atoms with E-state index in [2.05, 4.69) is 30.8 Å². The highest BCUT2D eigenvalue weighted by Gasteiger charge is 2.20. The minimum absolute atomic E-state index is 0.0783. The van der Waals surface area contributed by atoms with Gasteiger partial charge in [0.2, 0.25) is 0 Å². The van der Waals surface area contributed by atoms with Crippen molar-refractivity contribution in [2.45, 2.75) is 32.4 Å². The number of likely N-dealkylation sites (N-methyl/N-ethyl adjacent to an activating group) is 1. The zero-order valence-electron chi connectivity index (χ0n) is 13.0. The molecule has 2 aromatic rings. The van der Waals surface area contributed by atoms with Gasteiger partial charge in [0.15, 0.2) is 0 Å². The number of rotatable bonds is 6. The molecule has 1 N–H and O–H groups in total. The molecule has 112 valence electrons. The van der Waals surface area contributed by atoms with Crippen LogP contribution in [-0.2, 0) is 6.42 Å². The number of pyridine rings is 1. The second-order valence-electron chi connectivity index (χ2n) is 5.68. The number of benzene rings is 1. The van der Waals surface area contributed by atoms with Gasteiger partial charge in [-0.15, -0.1) is 0 Å².